The Morgan fingerprint density at radius 3 is 1.21 bits per heavy atom. The number of hydrogen-bond acceptors (Lipinski definition) is 7. The summed E-state index contributed by atoms with van der Waals surface area (Å²) in [6.45, 7) is 0. The van der Waals surface area contributed by atoms with Gasteiger partial charge >= 0.3 is 0 Å². The van der Waals surface area contributed by atoms with Crippen molar-refractivity contribution in [1.82, 2.24) is 28.7 Å². The molecule has 20 aromatic rings. The van der Waals surface area contributed by atoms with E-state index in [2.05, 4.69) is 262 Å². The van der Waals surface area contributed by atoms with Crippen LogP contribution in [0.2, 0.25) is 0 Å². The second-order valence-electron chi connectivity index (χ2n) is 23.6. The van der Waals surface area contributed by atoms with Crippen LogP contribution in [0.1, 0.15) is 5.56 Å². The van der Waals surface area contributed by atoms with Crippen LogP contribution < -0.4 is 0 Å². The first-order valence-corrected chi connectivity index (χ1v) is 31.5. The molecule has 0 aliphatic carbocycles. The highest BCUT2D eigenvalue weighted by Gasteiger charge is 2.33. The second-order valence-corrected chi connectivity index (χ2v) is 24.7. The summed E-state index contributed by atoms with van der Waals surface area (Å²) in [6.07, 6.45) is 0. The standard InChI is InChI=1S/C82H45N7O2S/c83-46-62-78(76(48-24-6-2-7-25-48)75(47-22-4-1-5-23-47)77(49-26-8-3-9-27-49)79(62)87-63-34-16-10-28-50(63)58-42-61-55-33-15-21-39-73(55)92-74(61)45-68(58)87)80-84-81(88-64-35-17-11-29-51(64)56-40-59-53-31-13-19-37-69(53)90-71(59)43-66(56)88)86-82(85-80)89-65-36-18-12-30-52(65)57-41-60-54-32-14-20-38-70(54)91-72(60)44-67(57)89/h1-45H. The smallest absolute Gasteiger partial charge is 0.240 e. The van der Waals surface area contributed by atoms with Gasteiger partial charge in [0, 0.05) is 108 Å². The lowest BCUT2D eigenvalue weighted by Crippen LogP contribution is -2.13. The summed E-state index contributed by atoms with van der Waals surface area (Å²) in [5.41, 5.74) is 15.5. The number of para-hydroxylation sites is 5. The van der Waals surface area contributed by atoms with Gasteiger partial charge in [-0.3, -0.25) is 9.13 Å². The van der Waals surface area contributed by atoms with E-state index in [0.717, 1.165) is 147 Å². The van der Waals surface area contributed by atoms with E-state index >= 15 is 0 Å². The van der Waals surface area contributed by atoms with E-state index in [1.807, 2.05) is 30.3 Å². The molecule has 7 heterocycles. The molecule has 0 spiro atoms. The molecule has 0 unspecified atom stereocenters. The summed E-state index contributed by atoms with van der Waals surface area (Å²) >= 11 is 1.78. The molecule has 0 amide bonds. The van der Waals surface area contributed by atoms with Crippen molar-refractivity contribution in [2.45, 2.75) is 0 Å². The first kappa shape index (κ1) is 50.6. The molecule has 0 saturated carbocycles. The third-order valence-corrected chi connectivity index (χ3v) is 19.9. The molecule has 92 heavy (non-hydrogen) atoms. The average Bonchev–Trinajstić information content (AvgIpc) is 1.41. The number of nitrogens with zero attached hydrogens (tertiary/aromatic N) is 7. The molecular weight excluding hydrogens is 1150 g/mol. The fraction of sp³-hybridized carbons (Fsp3) is 0. The Morgan fingerprint density at radius 2 is 0.696 bits per heavy atom. The minimum absolute atomic E-state index is 0.303. The van der Waals surface area contributed by atoms with Crippen molar-refractivity contribution in [3.8, 4) is 68.4 Å². The summed E-state index contributed by atoms with van der Waals surface area (Å²) in [5, 5.41) is 25.6. The van der Waals surface area contributed by atoms with Crippen LogP contribution in [0.25, 0.3) is 192 Å². The van der Waals surface area contributed by atoms with Gasteiger partial charge in [-0.05, 0) is 77.4 Å². The molecule has 0 aliphatic heterocycles. The Hall–Kier alpha value is -12.4. The number of aromatic nitrogens is 6. The molecular formula is C82H45N7O2S. The maximum Gasteiger partial charge on any atom is 0.240 e. The van der Waals surface area contributed by atoms with E-state index in [1.54, 1.807) is 11.3 Å². The number of furan rings is 2. The lowest BCUT2D eigenvalue weighted by molar-refractivity contribution is 0.669. The van der Waals surface area contributed by atoms with Crippen LogP contribution in [0, 0.1) is 11.3 Å². The van der Waals surface area contributed by atoms with Gasteiger partial charge < -0.3 is 13.4 Å². The first-order valence-electron chi connectivity index (χ1n) is 30.7. The Labute approximate surface area is 527 Å². The fourth-order valence-electron chi connectivity index (χ4n) is 14.9. The van der Waals surface area contributed by atoms with E-state index < -0.39 is 0 Å². The van der Waals surface area contributed by atoms with Gasteiger partial charge in [-0.25, -0.2) is 0 Å². The molecule has 13 aromatic carbocycles. The average molecular weight is 1190 g/mol. The molecule has 0 saturated heterocycles. The summed E-state index contributed by atoms with van der Waals surface area (Å²) in [4.78, 5) is 17.5. The van der Waals surface area contributed by atoms with Crippen molar-refractivity contribution in [2.24, 2.45) is 0 Å². The lowest BCUT2D eigenvalue weighted by Gasteiger charge is -2.26. The predicted octanol–water partition coefficient (Wildman–Crippen LogP) is 21.9. The third-order valence-electron chi connectivity index (χ3n) is 18.7. The lowest BCUT2D eigenvalue weighted by atomic mass is 9.80. The van der Waals surface area contributed by atoms with Gasteiger partial charge in [0.05, 0.1) is 44.4 Å². The number of nitriles is 1. The third kappa shape index (κ3) is 7.19. The van der Waals surface area contributed by atoms with Gasteiger partial charge in [0.2, 0.25) is 11.9 Å². The predicted molar refractivity (Wildman–Crippen MR) is 377 cm³/mol. The van der Waals surface area contributed by atoms with Gasteiger partial charge in [-0.1, -0.05) is 200 Å². The summed E-state index contributed by atoms with van der Waals surface area (Å²) in [7, 11) is 0. The van der Waals surface area contributed by atoms with Crippen LogP contribution in [0.5, 0.6) is 0 Å². The van der Waals surface area contributed by atoms with Crippen molar-refractivity contribution < 1.29 is 8.83 Å². The number of benzene rings is 13. The van der Waals surface area contributed by atoms with Crippen LogP contribution in [0.4, 0.5) is 0 Å². The Bertz CT molecular complexity index is 6370. The summed E-state index contributed by atoms with van der Waals surface area (Å²) in [5.74, 6) is 1.01. The van der Waals surface area contributed by atoms with Crippen molar-refractivity contribution in [2.75, 3.05) is 0 Å². The zero-order valence-electron chi connectivity index (χ0n) is 48.8. The van der Waals surface area contributed by atoms with E-state index in [0.29, 0.717) is 34.5 Å². The Morgan fingerprint density at radius 1 is 0.293 bits per heavy atom. The molecule has 10 heteroatoms. The minimum Gasteiger partial charge on any atom is -0.456 e. The monoisotopic (exact) mass is 1190 g/mol. The van der Waals surface area contributed by atoms with Gasteiger partial charge in [-0.15, -0.1) is 11.3 Å². The van der Waals surface area contributed by atoms with E-state index in [-0.39, 0.29) is 0 Å². The highest BCUT2D eigenvalue weighted by molar-refractivity contribution is 7.25. The first-order chi connectivity index (χ1) is 45.6. The Kier molecular flexibility index (Phi) is 10.6. The highest BCUT2D eigenvalue weighted by atomic mass is 32.1. The number of thiophene rings is 1. The molecule has 426 valence electrons. The summed E-state index contributed by atoms with van der Waals surface area (Å²) in [6, 6.07) is 98.5. The number of fused-ring (bicyclic) bond motifs is 18. The molecule has 0 fully saturated rings. The zero-order chi connectivity index (χ0) is 60.3. The molecule has 0 radical (unpaired) electrons. The van der Waals surface area contributed by atoms with Crippen LogP contribution in [-0.4, -0.2) is 28.7 Å². The summed E-state index contributed by atoms with van der Waals surface area (Å²) < 4.78 is 22.4. The van der Waals surface area contributed by atoms with E-state index in [1.165, 1.54) is 15.5 Å². The van der Waals surface area contributed by atoms with Gasteiger partial charge in [0.15, 0.2) is 5.82 Å². The quantitative estimate of drug-likeness (QED) is 0.157. The highest BCUT2D eigenvalue weighted by Crippen LogP contribution is 2.53. The van der Waals surface area contributed by atoms with Crippen molar-refractivity contribution in [1.29, 1.82) is 5.26 Å². The molecule has 20 rings (SSSR count). The van der Waals surface area contributed by atoms with Crippen molar-refractivity contribution >= 4 is 141 Å². The minimum atomic E-state index is 0.303. The molecule has 0 aliphatic rings. The van der Waals surface area contributed by atoms with Gasteiger partial charge in [0.1, 0.15) is 28.4 Å². The van der Waals surface area contributed by atoms with Crippen molar-refractivity contribution in [3.63, 3.8) is 0 Å². The van der Waals surface area contributed by atoms with Crippen LogP contribution in [0.15, 0.2) is 282 Å². The SMILES string of the molecule is N#Cc1c(-c2nc(-n3c4ccccc4c4cc5c(cc43)oc3ccccc35)nc(-n3c4ccccc4c4cc5c(cc43)oc3ccccc35)n2)c(-c2ccccc2)c(-c2ccccc2)c(-c2ccccc2)c1-n1c2ccccc2c2cc3c(cc21)sc1ccccc13. The molecule has 0 N–H and O–H groups in total. The van der Waals surface area contributed by atoms with Crippen LogP contribution in [0.3, 0.4) is 0 Å². The van der Waals surface area contributed by atoms with Gasteiger partial charge in [0.25, 0.3) is 0 Å². The number of hydrogen-bond donors (Lipinski definition) is 0. The largest absolute Gasteiger partial charge is 0.456 e. The second kappa shape index (κ2) is 19.3. The molecule has 7 aromatic heterocycles. The topological polar surface area (TPSA) is 104 Å². The van der Waals surface area contributed by atoms with Crippen LogP contribution >= 0.6 is 11.3 Å². The van der Waals surface area contributed by atoms with E-state index in [4.69, 9.17) is 23.8 Å². The van der Waals surface area contributed by atoms with Gasteiger partial charge in [-0.2, -0.15) is 20.2 Å². The molecule has 0 atom stereocenters. The van der Waals surface area contributed by atoms with Crippen molar-refractivity contribution in [3.05, 3.63) is 279 Å². The van der Waals surface area contributed by atoms with E-state index in [9.17, 15) is 5.26 Å². The molecule has 0 bridgehead atoms. The zero-order valence-corrected chi connectivity index (χ0v) is 49.7. The fourth-order valence-corrected chi connectivity index (χ4v) is 16.0. The molecule has 9 nitrogen and oxygen atoms in total. The maximum absolute atomic E-state index is 12.9. The maximum atomic E-state index is 12.9. The normalized spacial score (nSPS) is 12.1. The van der Waals surface area contributed by atoms with Crippen LogP contribution in [-0.2, 0) is 0 Å². The number of rotatable bonds is 7. The Balaban J connectivity index is 0.998.